The lowest BCUT2D eigenvalue weighted by molar-refractivity contribution is 0.407. The van der Waals surface area contributed by atoms with Crippen molar-refractivity contribution in [3.8, 4) is 11.5 Å². The molecule has 0 saturated carbocycles. The minimum Gasteiger partial charge on any atom is -0.497 e. The van der Waals surface area contributed by atoms with Gasteiger partial charge in [0.05, 0.1) is 14.2 Å². The summed E-state index contributed by atoms with van der Waals surface area (Å²) in [5.41, 5.74) is 2.74. The third kappa shape index (κ3) is 5.79. The Hall–Kier alpha value is -2.47. The molecule has 4 nitrogen and oxygen atoms in total. The zero-order valence-electron chi connectivity index (χ0n) is 16.7. The monoisotopic (exact) mass is 460 g/mol. The first-order chi connectivity index (χ1) is 14.5. The normalized spacial score (nSPS) is 10.4. The van der Waals surface area contributed by atoms with Gasteiger partial charge >= 0.3 is 0 Å². The van der Waals surface area contributed by atoms with Crippen molar-refractivity contribution in [3.63, 3.8) is 0 Å². The quantitative estimate of drug-likeness (QED) is 0.411. The molecule has 3 rings (SSSR count). The highest BCUT2D eigenvalue weighted by atomic mass is 35.5. The van der Waals surface area contributed by atoms with Crippen LogP contribution in [0.5, 0.6) is 11.5 Å². The van der Waals surface area contributed by atoms with Gasteiger partial charge in [0.15, 0.2) is 5.11 Å². The Kier molecular flexibility index (Phi) is 7.80. The molecule has 3 aromatic carbocycles. The molecular weight excluding hydrogens is 439 g/mol. The summed E-state index contributed by atoms with van der Waals surface area (Å²) in [7, 11) is 3.28. The van der Waals surface area contributed by atoms with Crippen LogP contribution in [-0.2, 0) is 13.1 Å². The van der Waals surface area contributed by atoms with Crippen LogP contribution >= 0.6 is 35.4 Å². The van der Waals surface area contributed by atoms with Crippen LogP contribution in [0.4, 0.5) is 5.69 Å². The number of rotatable bonds is 7. The lowest BCUT2D eigenvalue weighted by Crippen LogP contribution is -2.34. The molecule has 0 heterocycles. The first-order valence-corrected chi connectivity index (χ1v) is 10.4. The predicted octanol–water partition coefficient (Wildman–Crippen LogP) is 6.41. The highest BCUT2D eigenvalue weighted by Crippen LogP contribution is 2.27. The smallest absolute Gasteiger partial charge is 0.174 e. The van der Waals surface area contributed by atoms with E-state index in [1.165, 1.54) is 0 Å². The zero-order valence-corrected chi connectivity index (χ0v) is 19.0. The molecule has 7 heteroatoms. The number of nitrogens with zero attached hydrogens (tertiary/aromatic N) is 1. The Morgan fingerprint density at radius 2 is 1.50 bits per heavy atom. The Bertz CT molecular complexity index is 992. The Labute approximate surface area is 192 Å². The number of methoxy groups -OCH3 is 2. The second-order valence-electron chi connectivity index (χ2n) is 6.57. The van der Waals surface area contributed by atoms with Gasteiger partial charge in [-0.05, 0) is 54.2 Å². The SMILES string of the molecule is COc1ccc(CN(Cc2c(Cl)cccc2Cl)C(=S)Nc2cccc(OC)c2)cc1. The van der Waals surface area contributed by atoms with Crippen LogP contribution in [0.25, 0.3) is 0 Å². The molecule has 30 heavy (non-hydrogen) atoms. The first-order valence-electron chi connectivity index (χ1n) is 9.26. The molecule has 0 aliphatic rings. The van der Waals surface area contributed by atoms with E-state index < -0.39 is 0 Å². The molecule has 0 spiro atoms. The van der Waals surface area contributed by atoms with E-state index in [1.807, 2.05) is 71.6 Å². The maximum atomic E-state index is 6.41. The molecule has 0 radical (unpaired) electrons. The molecule has 0 aliphatic carbocycles. The molecule has 0 amide bonds. The molecule has 3 aromatic rings. The van der Waals surface area contributed by atoms with E-state index in [0.717, 1.165) is 28.3 Å². The number of ether oxygens (including phenoxy) is 2. The molecule has 0 aromatic heterocycles. The minimum atomic E-state index is 0.459. The van der Waals surface area contributed by atoms with Crippen LogP contribution in [0.15, 0.2) is 66.7 Å². The topological polar surface area (TPSA) is 33.7 Å². The predicted molar refractivity (Wildman–Crippen MR) is 128 cm³/mol. The van der Waals surface area contributed by atoms with E-state index in [0.29, 0.717) is 28.2 Å². The highest BCUT2D eigenvalue weighted by Gasteiger charge is 2.16. The Morgan fingerprint density at radius 1 is 0.867 bits per heavy atom. The first kappa shape index (κ1) is 22.2. The van der Waals surface area contributed by atoms with Gasteiger partial charge in [0.25, 0.3) is 0 Å². The van der Waals surface area contributed by atoms with Gasteiger partial charge < -0.3 is 19.7 Å². The van der Waals surface area contributed by atoms with Crippen molar-refractivity contribution in [2.24, 2.45) is 0 Å². The van der Waals surface area contributed by atoms with Gasteiger partial charge in [0.1, 0.15) is 11.5 Å². The Morgan fingerprint density at radius 3 is 2.13 bits per heavy atom. The van der Waals surface area contributed by atoms with Crippen molar-refractivity contribution in [1.29, 1.82) is 0 Å². The summed E-state index contributed by atoms with van der Waals surface area (Å²) in [6.45, 7) is 1.03. The van der Waals surface area contributed by atoms with Crippen LogP contribution in [0.1, 0.15) is 11.1 Å². The largest absolute Gasteiger partial charge is 0.497 e. The highest BCUT2D eigenvalue weighted by molar-refractivity contribution is 7.80. The molecule has 0 saturated heterocycles. The van der Waals surface area contributed by atoms with Crippen molar-refractivity contribution in [2.75, 3.05) is 19.5 Å². The maximum absolute atomic E-state index is 6.41. The molecule has 0 unspecified atom stereocenters. The maximum Gasteiger partial charge on any atom is 0.174 e. The van der Waals surface area contributed by atoms with Crippen LogP contribution < -0.4 is 14.8 Å². The lowest BCUT2D eigenvalue weighted by atomic mass is 10.1. The standard InChI is InChI=1S/C23H22Cl2N2O2S/c1-28-18-11-9-16(10-12-18)14-27(15-20-21(24)7-4-8-22(20)25)23(30)26-17-5-3-6-19(13-17)29-2/h3-13H,14-15H2,1-2H3,(H,26,30). The fourth-order valence-corrected chi connectivity index (χ4v) is 3.69. The number of thiocarbonyl (C=S) groups is 1. The van der Waals surface area contributed by atoms with E-state index in [2.05, 4.69) is 5.32 Å². The van der Waals surface area contributed by atoms with Gasteiger partial charge in [0.2, 0.25) is 0 Å². The summed E-state index contributed by atoms with van der Waals surface area (Å²) in [6.07, 6.45) is 0. The molecule has 0 atom stereocenters. The average molecular weight is 461 g/mol. The summed E-state index contributed by atoms with van der Waals surface area (Å²) < 4.78 is 10.5. The number of hydrogen-bond acceptors (Lipinski definition) is 3. The Balaban J connectivity index is 1.85. The van der Waals surface area contributed by atoms with Crippen LogP contribution in [-0.4, -0.2) is 24.2 Å². The van der Waals surface area contributed by atoms with E-state index in [9.17, 15) is 0 Å². The van der Waals surface area contributed by atoms with Gasteiger partial charge in [-0.1, -0.05) is 47.5 Å². The lowest BCUT2D eigenvalue weighted by Gasteiger charge is -2.27. The van der Waals surface area contributed by atoms with Crippen LogP contribution in [0.2, 0.25) is 10.0 Å². The molecular formula is C23H22Cl2N2O2S. The fraction of sp³-hybridized carbons (Fsp3) is 0.174. The third-order valence-electron chi connectivity index (χ3n) is 4.55. The molecule has 0 aliphatic heterocycles. The average Bonchev–Trinajstić information content (AvgIpc) is 2.76. The van der Waals surface area contributed by atoms with E-state index >= 15 is 0 Å². The summed E-state index contributed by atoms with van der Waals surface area (Å²) in [6, 6.07) is 21.0. The van der Waals surface area contributed by atoms with Gasteiger partial charge in [-0.25, -0.2) is 0 Å². The van der Waals surface area contributed by atoms with Crippen molar-refractivity contribution in [1.82, 2.24) is 4.90 Å². The van der Waals surface area contributed by atoms with E-state index in [-0.39, 0.29) is 0 Å². The van der Waals surface area contributed by atoms with Crippen LogP contribution in [0, 0.1) is 0 Å². The van der Waals surface area contributed by atoms with Gasteiger partial charge in [-0.2, -0.15) is 0 Å². The second-order valence-corrected chi connectivity index (χ2v) is 7.77. The zero-order chi connectivity index (χ0) is 21.5. The van der Waals surface area contributed by atoms with Crippen molar-refractivity contribution in [2.45, 2.75) is 13.1 Å². The number of hydrogen-bond donors (Lipinski definition) is 1. The van der Waals surface area contributed by atoms with Crippen molar-refractivity contribution >= 4 is 46.2 Å². The molecule has 156 valence electrons. The fourth-order valence-electron chi connectivity index (χ4n) is 2.93. The number of anilines is 1. The van der Waals surface area contributed by atoms with Crippen molar-refractivity contribution in [3.05, 3.63) is 87.9 Å². The number of benzene rings is 3. The summed E-state index contributed by atoms with van der Waals surface area (Å²) in [4.78, 5) is 2.02. The molecule has 0 fully saturated rings. The molecule has 1 N–H and O–H groups in total. The summed E-state index contributed by atoms with van der Waals surface area (Å²) >= 11 is 18.6. The van der Waals surface area contributed by atoms with Crippen molar-refractivity contribution < 1.29 is 9.47 Å². The number of nitrogens with one attached hydrogen (secondary N) is 1. The van der Waals surface area contributed by atoms with E-state index in [4.69, 9.17) is 44.9 Å². The third-order valence-corrected chi connectivity index (χ3v) is 5.62. The van der Waals surface area contributed by atoms with Gasteiger partial charge in [-0.3, -0.25) is 0 Å². The van der Waals surface area contributed by atoms with E-state index in [1.54, 1.807) is 14.2 Å². The minimum absolute atomic E-state index is 0.459. The number of halogens is 2. The molecule has 0 bridgehead atoms. The van der Waals surface area contributed by atoms with Gasteiger partial charge in [-0.15, -0.1) is 0 Å². The summed E-state index contributed by atoms with van der Waals surface area (Å²) in [5, 5.41) is 5.04. The van der Waals surface area contributed by atoms with Crippen LogP contribution in [0.3, 0.4) is 0 Å². The second kappa shape index (κ2) is 10.5. The van der Waals surface area contributed by atoms with Gasteiger partial charge in [0, 0.05) is 40.5 Å². The summed E-state index contributed by atoms with van der Waals surface area (Å²) in [5.74, 6) is 1.55.